The summed E-state index contributed by atoms with van der Waals surface area (Å²) < 4.78 is 10.8. The Morgan fingerprint density at radius 2 is 1.90 bits per heavy atom. The molecule has 2 rings (SSSR count). The van der Waals surface area contributed by atoms with Crippen molar-refractivity contribution in [2.45, 2.75) is 12.8 Å². The first-order chi connectivity index (χ1) is 10.1. The standard InChI is InChI=1S/C16H17NO4/c1-17(2)16(19)21-14-7-5-12(6-8-14)15-10-9-13(20-15)4-3-11-18/h5-11H,3-4H2,1-2H3. The number of rotatable bonds is 5. The predicted molar refractivity (Wildman–Crippen MR) is 78.2 cm³/mol. The molecule has 1 aromatic carbocycles. The number of aldehydes is 1. The van der Waals surface area contributed by atoms with E-state index in [0.717, 1.165) is 23.4 Å². The molecule has 21 heavy (non-hydrogen) atoms. The van der Waals surface area contributed by atoms with Gasteiger partial charge in [-0.1, -0.05) is 0 Å². The zero-order valence-electron chi connectivity index (χ0n) is 12.0. The normalized spacial score (nSPS) is 10.2. The number of nitrogens with zero attached hydrogens (tertiary/aromatic N) is 1. The van der Waals surface area contributed by atoms with Crippen molar-refractivity contribution in [3.05, 3.63) is 42.2 Å². The smallest absolute Gasteiger partial charge is 0.414 e. The third-order valence-corrected chi connectivity index (χ3v) is 2.88. The van der Waals surface area contributed by atoms with E-state index < -0.39 is 6.09 Å². The molecule has 0 saturated carbocycles. The largest absolute Gasteiger partial charge is 0.461 e. The van der Waals surface area contributed by atoms with Crippen molar-refractivity contribution in [2.24, 2.45) is 0 Å². The van der Waals surface area contributed by atoms with Crippen LogP contribution < -0.4 is 4.74 Å². The fraction of sp³-hybridized carbons (Fsp3) is 0.250. The summed E-state index contributed by atoms with van der Waals surface area (Å²) in [5, 5.41) is 0. The van der Waals surface area contributed by atoms with Gasteiger partial charge in [-0.25, -0.2) is 4.79 Å². The van der Waals surface area contributed by atoms with Crippen molar-refractivity contribution in [1.29, 1.82) is 0 Å². The molecule has 1 aromatic heterocycles. The van der Waals surface area contributed by atoms with Gasteiger partial charge in [-0.15, -0.1) is 0 Å². The highest BCUT2D eigenvalue weighted by atomic mass is 16.6. The fourth-order valence-electron chi connectivity index (χ4n) is 1.75. The Labute approximate surface area is 123 Å². The van der Waals surface area contributed by atoms with Crippen LogP contribution >= 0.6 is 0 Å². The van der Waals surface area contributed by atoms with Gasteiger partial charge in [0.1, 0.15) is 23.6 Å². The maximum absolute atomic E-state index is 11.4. The van der Waals surface area contributed by atoms with Crippen LogP contribution in [-0.2, 0) is 11.2 Å². The highest BCUT2D eigenvalue weighted by Gasteiger charge is 2.08. The first-order valence-corrected chi connectivity index (χ1v) is 6.62. The van der Waals surface area contributed by atoms with E-state index in [-0.39, 0.29) is 0 Å². The Balaban J connectivity index is 2.06. The Hall–Kier alpha value is -2.56. The number of aryl methyl sites for hydroxylation is 1. The maximum Gasteiger partial charge on any atom is 0.414 e. The number of furan rings is 1. The Bertz CT molecular complexity index is 613. The molecule has 0 aliphatic rings. The quantitative estimate of drug-likeness (QED) is 0.793. The second-order valence-corrected chi connectivity index (χ2v) is 4.76. The number of amides is 1. The molecule has 110 valence electrons. The summed E-state index contributed by atoms with van der Waals surface area (Å²) in [5.41, 5.74) is 0.886. The first-order valence-electron chi connectivity index (χ1n) is 6.62. The van der Waals surface area contributed by atoms with Crippen LogP contribution in [0.15, 0.2) is 40.8 Å². The van der Waals surface area contributed by atoms with E-state index >= 15 is 0 Å². The van der Waals surface area contributed by atoms with Crippen LogP contribution in [-0.4, -0.2) is 31.4 Å². The molecule has 1 amide bonds. The summed E-state index contributed by atoms with van der Waals surface area (Å²) in [6.45, 7) is 0. The fourth-order valence-corrected chi connectivity index (χ4v) is 1.75. The van der Waals surface area contributed by atoms with Gasteiger partial charge in [0.2, 0.25) is 0 Å². The summed E-state index contributed by atoms with van der Waals surface area (Å²) in [4.78, 5) is 23.1. The SMILES string of the molecule is CN(C)C(=O)Oc1ccc(-c2ccc(CCC=O)o2)cc1. The molecule has 0 fully saturated rings. The van der Waals surface area contributed by atoms with E-state index in [1.54, 1.807) is 26.2 Å². The van der Waals surface area contributed by atoms with Crippen molar-refractivity contribution >= 4 is 12.4 Å². The van der Waals surface area contributed by atoms with Gasteiger partial charge in [-0.05, 0) is 36.4 Å². The van der Waals surface area contributed by atoms with E-state index in [1.165, 1.54) is 4.90 Å². The second kappa shape index (κ2) is 6.74. The number of hydrogen-bond donors (Lipinski definition) is 0. The number of ether oxygens (including phenoxy) is 1. The molecule has 0 aliphatic heterocycles. The van der Waals surface area contributed by atoms with Gasteiger partial charge >= 0.3 is 6.09 Å². The number of hydrogen-bond acceptors (Lipinski definition) is 4. The van der Waals surface area contributed by atoms with Crippen molar-refractivity contribution < 1.29 is 18.7 Å². The zero-order valence-corrected chi connectivity index (χ0v) is 12.0. The molecular formula is C16H17NO4. The van der Waals surface area contributed by atoms with Gasteiger partial charge in [0.05, 0.1) is 0 Å². The molecule has 0 bridgehead atoms. The number of carbonyl (C=O) groups is 2. The van der Waals surface area contributed by atoms with E-state index in [2.05, 4.69) is 0 Å². The Kier molecular flexibility index (Phi) is 4.77. The third kappa shape index (κ3) is 3.95. The lowest BCUT2D eigenvalue weighted by Gasteiger charge is -2.10. The summed E-state index contributed by atoms with van der Waals surface area (Å²) in [6, 6.07) is 10.8. The number of carbonyl (C=O) groups excluding carboxylic acids is 2. The monoisotopic (exact) mass is 287 g/mol. The van der Waals surface area contributed by atoms with Crippen LogP contribution in [0.3, 0.4) is 0 Å². The maximum atomic E-state index is 11.4. The number of benzene rings is 1. The molecule has 0 radical (unpaired) electrons. The average Bonchev–Trinajstić information content (AvgIpc) is 2.94. The van der Waals surface area contributed by atoms with Gasteiger partial charge in [0.15, 0.2) is 0 Å². The van der Waals surface area contributed by atoms with Crippen LogP contribution in [0.2, 0.25) is 0 Å². The Morgan fingerprint density at radius 3 is 2.52 bits per heavy atom. The third-order valence-electron chi connectivity index (χ3n) is 2.88. The summed E-state index contributed by atoms with van der Waals surface area (Å²) >= 11 is 0. The molecule has 0 spiro atoms. The predicted octanol–water partition coefficient (Wildman–Crippen LogP) is 3.14. The minimum atomic E-state index is -0.420. The van der Waals surface area contributed by atoms with E-state index in [0.29, 0.717) is 18.6 Å². The first kappa shape index (κ1) is 14.8. The molecule has 0 aliphatic carbocycles. The lowest BCUT2D eigenvalue weighted by Crippen LogP contribution is -2.25. The van der Waals surface area contributed by atoms with Crippen LogP contribution in [0, 0.1) is 0 Å². The van der Waals surface area contributed by atoms with Crippen LogP contribution in [0.25, 0.3) is 11.3 Å². The topological polar surface area (TPSA) is 59.8 Å². The summed E-state index contributed by atoms with van der Waals surface area (Å²) in [5.74, 6) is 1.98. The van der Waals surface area contributed by atoms with E-state index in [4.69, 9.17) is 9.15 Å². The molecule has 5 heteroatoms. The van der Waals surface area contributed by atoms with Gasteiger partial charge in [0, 0.05) is 32.5 Å². The molecule has 0 saturated heterocycles. The Morgan fingerprint density at radius 1 is 1.19 bits per heavy atom. The minimum Gasteiger partial charge on any atom is -0.461 e. The van der Waals surface area contributed by atoms with Crippen molar-refractivity contribution in [3.8, 4) is 17.1 Å². The molecular weight excluding hydrogens is 270 g/mol. The highest BCUT2D eigenvalue weighted by Crippen LogP contribution is 2.25. The van der Waals surface area contributed by atoms with Crippen molar-refractivity contribution in [3.63, 3.8) is 0 Å². The highest BCUT2D eigenvalue weighted by molar-refractivity contribution is 5.70. The van der Waals surface area contributed by atoms with Gasteiger partial charge in [-0.2, -0.15) is 0 Å². The molecule has 0 N–H and O–H groups in total. The van der Waals surface area contributed by atoms with E-state index in [1.807, 2.05) is 24.3 Å². The molecule has 0 atom stereocenters. The average molecular weight is 287 g/mol. The molecule has 1 heterocycles. The van der Waals surface area contributed by atoms with Crippen LogP contribution in [0.5, 0.6) is 5.75 Å². The van der Waals surface area contributed by atoms with Crippen molar-refractivity contribution in [1.82, 2.24) is 4.90 Å². The second-order valence-electron chi connectivity index (χ2n) is 4.76. The zero-order chi connectivity index (χ0) is 15.2. The van der Waals surface area contributed by atoms with Gasteiger partial charge < -0.3 is 18.8 Å². The van der Waals surface area contributed by atoms with Crippen LogP contribution in [0.4, 0.5) is 4.79 Å². The van der Waals surface area contributed by atoms with Gasteiger partial charge in [0.25, 0.3) is 0 Å². The van der Waals surface area contributed by atoms with Crippen LogP contribution in [0.1, 0.15) is 12.2 Å². The minimum absolute atomic E-state index is 0.420. The lowest BCUT2D eigenvalue weighted by atomic mass is 10.2. The van der Waals surface area contributed by atoms with E-state index in [9.17, 15) is 9.59 Å². The lowest BCUT2D eigenvalue weighted by molar-refractivity contribution is -0.107. The molecule has 5 nitrogen and oxygen atoms in total. The van der Waals surface area contributed by atoms with Crippen molar-refractivity contribution in [2.75, 3.05) is 14.1 Å². The summed E-state index contributed by atoms with van der Waals surface area (Å²) in [6.07, 6.45) is 1.50. The summed E-state index contributed by atoms with van der Waals surface area (Å²) in [7, 11) is 3.25. The molecule has 2 aromatic rings. The molecule has 0 unspecified atom stereocenters. The van der Waals surface area contributed by atoms with Gasteiger partial charge in [-0.3, -0.25) is 0 Å².